The second-order valence-corrected chi connectivity index (χ2v) is 6.68. The topological polar surface area (TPSA) is 73.2 Å². The predicted octanol–water partition coefficient (Wildman–Crippen LogP) is 3.79. The SMILES string of the molecule is COC(=O)c1ccc(C2CC(=O)Nc3ncn(-c4cccc(Cl)c4)c32)cc1. The Labute approximate surface area is 160 Å². The Bertz CT molecular complexity index is 1030. The number of amides is 1. The highest BCUT2D eigenvalue weighted by Gasteiger charge is 2.31. The van der Waals surface area contributed by atoms with Gasteiger partial charge in [-0.2, -0.15) is 0 Å². The highest BCUT2D eigenvalue weighted by atomic mass is 35.5. The zero-order chi connectivity index (χ0) is 19.0. The van der Waals surface area contributed by atoms with Crippen LogP contribution in [0.3, 0.4) is 0 Å². The number of hydrogen-bond acceptors (Lipinski definition) is 4. The molecule has 0 aliphatic carbocycles. The van der Waals surface area contributed by atoms with Crippen LogP contribution in [-0.4, -0.2) is 28.5 Å². The van der Waals surface area contributed by atoms with E-state index in [9.17, 15) is 9.59 Å². The van der Waals surface area contributed by atoms with E-state index in [-0.39, 0.29) is 18.2 Å². The second-order valence-electron chi connectivity index (χ2n) is 6.25. The monoisotopic (exact) mass is 381 g/mol. The first kappa shape index (κ1) is 17.3. The first-order chi connectivity index (χ1) is 13.1. The van der Waals surface area contributed by atoms with Gasteiger partial charge in [0.2, 0.25) is 5.91 Å². The Morgan fingerprint density at radius 1 is 1.26 bits per heavy atom. The van der Waals surface area contributed by atoms with Gasteiger partial charge in [0.15, 0.2) is 5.82 Å². The van der Waals surface area contributed by atoms with Crippen molar-refractivity contribution in [2.45, 2.75) is 12.3 Å². The van der Waals surface area contributed by atoms with Crippen LogP contribution in [0.1, 0.15) is 34.0 Å². The van der Waals surface area contributed by atoms with Crippen molar-refractivity contribution in [3.8, 4) is 5.69 Å². The molecule has 1 atom stereocenters. The Morgan fingerprint density at radius 2 is 2.04 bits per heavy atom. The van der Waals surface area contributed by atoms with E-state index in [1.807, 2.05) is 34.9 Å². The van der Waals surface area contributed by atoms with Gasteiger partial charge in [0.05, 0.1) is 18.4 Å². The minimum atomic E-state index is -0.396. The van der Waals surface area contributed by atoms with Crippen LogP contribution < -0.4 is 5.32 Å². The summed E-state index contributed by atoms with van der Waals surface area (Å²) < 4.78 is 6.67. The molecule has 0 saturated heterocycles. The number of fused-ring (bicyclic) bond motifs is 1. The Hall–Kier alpha value is -3.12. The van der Waals surface area contributed by atoms with Crippen LogP contribution in [0.15, 0.2) is 54.9 Å². The van der Waals surface area contributed by atoms with Gasteiger partial charge in [-0.25, -0.2) is 9.78 Å². The smallest absolute Gasteiger partial charge is 0.337 e. The summed E-state index contributed by atoms with van der Waals surface area (Å²) in [6.45, 7) is 0. The number of rotatable bonds is 3. The first-order valence-electron chi connectivity index (χ1n) is 8.38. The molecule has 1 aliphatic heterocycles. The van der Waals surface area contributed by atoms with Crippen LogP contribution in [0.25, 0.3) is 5.69 Å². The van der Waals surface area contributed by atoms with Crippen LogP contribution >= 0.6 is 11.6 Å². The highest BCUT2D eigenvalue weighted by molar-refractivity contribution is 6.30. The van der Waals surface area contributed by atoms with Crippen molar-refractivity contribution in [2.75, 3.05) is 12.4 Å². The first-order valence-corrected chi connectivity index (χ1v) is 8.76. The lowest BCUT2D eigenvalue weighted by Crippen LogP contribution is -2.25. The quantitative estimate of drug-likeness (QED) is 0.700. The third kappa shape index (κ3) is 3.19. The van der Waals surface area contributed by atoms with E-state index in [0.717, 1.165) is 16.9 Å². The third-order valence-electron chi connectivity index (χ3n) is 4.60. The van der Waals surface area contributed by atoms with Crippen molar-refractivity contribution < 1.29 is 14.3 Å². The Balaban J connectivity index is 1.79. The number of hydrogen-bond donors (Lipinski definition) is 1. The molecule has 0 radical (unpaired) electrons. The summed E-state index contributed by atoms with van der Waals surface area (Å²) in [7, 11) is 1.34. The Morgan fingerprint density at radius 3 is 2.74 bits per heavy atom. The van der Waals surface area contributed by atoms with Crippen molar-refractivity contribution in [2.24, 2.45) is 0 Å². The van der Waals surface area contributed by atoms with E-state index in [0.29, 0.717) is 16.4 Å². The maximum atomic E-state index is 12.2. The summed E-state index contributed by atoms with van der Waals surface area (Å²) in [5.74, 6) is -0.149. The molecule has 7 heteroatoms. The van der Waals surface area contributed by atoms with Gasteiger partial charge in [-0.15, -0.1) is 0 Å². The summed E-state index contributed by atoms with van der Waals surface area (Å²) in [6, 6.07) is 14.5. The van der Waals surface area contributed by atoms with Gasteiger partial charge in [0.1, 0.15) is 6.33 Å². The van der Waals surface area contributed by atoms with Gasteiger partial charge >= 0.3 is 5.97 Å². The molecule has 2 aromatic carbocycles. The number of aromatic nitrogens is 2. The third-order valence-corrected chi connectivity index (χ3v) is 4.84. The van der Waals surface area contributed by atoms with Gasteiger partial charge in [0.25, 0.3) is 0 Å². The molecule has 0 spiro atoms. The number of anilines is 1. The molecule has 0 fully saturated rings. The molecule has 136 valence electrons. The lowest BCUT2D eigenvalue weighted by molar-refractivity contribution is -0.116. The molecule has 6 nitrogen and oxygen atoms in total. The molecular formula is C20H16ClN3O3. The summed E-state index contributed by atoms with van der Waals surface area (Å²) in [6.07, 6.45) is 1.97. The molecule has 1 amide bonds. The molecule has 1 unspecified atom stereocenters. The van der Waals surface area contributed by atoms with Gasteiger partial charge < -0.3 is 14.6 Å². The number of ether oxygens (including phenoxy) is 1. The zero-order valence-electron chi connectivity index (χ0n) is 14.5. The normalized spacial score (nSPS) is 15.8. The summed E-state index contributed by atoms with van der Waals surface area (Å²) in [5, 5.41) is 3.44. The molecular weight excluding hydrogens is 366 g/mol. The largest absolute Gasteiger partial charge is 0.465 e. The number of carbonyl (C=O) groups is 2. The number of esters is 1. The molecule has 4 rings (SSSR count). The number of benzene rings is 2. The van der Waals surface area contributed by atoms with Gasteiger partial charge in [-0.05, 0) is 35.9 Å². The number of carbonyl (C=O) groups excluding carboxylic acids is 2. The maximum Gasteiger partial charge on any atom is 0.337 e. The number of nitrogens with one attached hydrogen (secondary N) is 1. The number of halogens is 1. The Kier molecular flexibility index (Phi) is 4.41. The highest BCUT2D eigenvalue weighted by Crippen LogP contribution is 2.38. The van der Waals surface area contributed by atoms with Crippen molar-refractivity contribution in [1.29, 1.82) is 0 Å². The number of nitrogens with zero attached hydrogens (tertiary/aromatic N) is 2. The minimum Gasteiger partial charge on any atom is -0.465 e. The fourth-order valence-electron chi connectivity index (χ4n) is 3.33. The van der Waals surface area contributed by atoms with E-state index in [4.69, 9.17) is 16.3 Å². The van der Waals surface area contributed by atoms with E-state index in [2.05, 4.69) is 10.3 Å². The molecule has 1 aliphatic rings. The average Bonchev–Trinajstić information content (AvgIpc) is 3.10. The fourth-order valence-corrected chi connectivity index (χ4v) is 3.51. The maximum absolute atomic E-state index is 12.2. The van der Waals surface area contributed by atoms with Gasteiger partial charge in [-0.1, -0.05) is 29.8 Å². The van der Waals surface area contributed by atoms with Crippen molar-refractivity contribution in [3.05, 3.63) is 76.7 Å². The summed E-state index contributed by atoms with van der Waals surface area (Å²) >= 11 is 6.14. The number of methoxy groups -OCH3 is 1. The van der Waals surface area contributed by atoms with Crippen molar-refractivity contribution in [1.82, 2.24) is 9.55 Å². The van der Waals surface area contributed by atoms with Gasteiger partial charge in [0, 0.05) is 23.0 Å². The van der Waals surface area contributed by atoms with Crippen LogP contribution in [0.5, 0.6) is 0 Å². The molecule has 0 bridgehead atoms. The lowest BCUT2D eigenvalue weighted by atomic mass is 9.89. The van der Waals surface area contributed by atoms with E-state index in [1.54, 1.807) is 24.5 Å². The van der Waals surface area contributed by atoms with E-state index >= 15 is 0 Å². The molecule has 3 aromatic rings. The minimum absolute atomic E-state index is 0.0964. The van der Waals surface area contributed by atoms with Gasteiger partial charge in [-0.3, -0.25) is 4.79 Å². The molecule has 1 aromatic heterocycles. The summed E-state index contributed by atoms with van der Waals surface area (Å²) in [5.41, 5.74) is 3.12. The van der Waals surface area contributed by atoms with Crippen LogP contribution in [0.2, 0.25) is 5.02 Å². The summed E-state index contributed by atoms with van der Waals surface area (Å²) in [4.78, 5) is 28.2. The lowest BCUT2D eigenvalue weighted by Gasteiger charge is -2.25. The molecule has 0 saturated carbocycles. The standard InChI is InChI=1S/C20H16ClN3O3/c1-27-20(26)13-7-5-12(6-8-13)16-10-17(25)23-19-18(16)24(11-22-19)15-4-2-3-14(21)9-15/h2-9,11,16H,10H2,1H3,(H,23,25). The molecule has 2 heterocycles. The average molecular weight is 382 g/mol. The van der Waals surface area contributed by atoms with Crippen LogP contribution in [0, 0.1) is 0 Å². The predicted molar refractivity (Wildman–Crippen MR) is 101 cm³/mol. The second kappa shape index (κ2) is 6.89. The van der Waals surface area contributed by atoms with Crippen LogP contribution in [-0.2, 0) is 9.53 Å². The zero-order valence-corrected chi connectivity index (χ0v) is 15.2. The van der Waals surface area contributed by atoms with Crippen LogP contribution in [0.4, 0.5) is 5.82 Å². The molecule has 1 N–H and O–H groups in total. The van der Waals surface area contributed by atoms with Crippen molar-refractivity contribution >= 4 is 29.3 Å². The van der Waals surface area contributed by atoms with E-state index in [1.165, 1.54) is 7.11 Å². The van der Waals surface area contributed by atoms with Crippen molar-refractivity contribution in [3.63, 3.8) is 0 Å². The van der Waals surface area contributed by atoms with E-state index < -0.39 is 5.97 Å². The molecule has 27 heavy (non-hydrogen) atoms. The number of imidazole rings is 1. The fraction of sp³-hybridized carbons (Fsp3) is 0.150.